The Morgan fingerprint density at radius 2 is 2.00 bits per heavy atom. The van der Waals surface area contributed by atoms with E-state index < -0.39 is 12.1 Å². The van der Waals surface area contributed by atoms with Crippen LogP contribution >= 0.6 is 0 Å². The van der Waals surface area contributed by atoms with E-state index in [-0.39, 0.29) is 19.6 Å². The van der Waals surface area contributed by atoms with E-state index >= 15 is 0 Å². The average Bonchev–Trinajstić information content (AvgIpc) is 2.23. The Hall–Kier alpha value is -0.690. The monoisotopic (exact) mass is 221 g/mol. The van der Waals surface area contributed by atoms with Gasteiger partial charge in [-0.2, -0.15) is 0 Å². The van der Waals surface area contributed by atoms with E-state index in [4.69, 9.17) is 25.1 Å². The smallest absolute Gasteiger partial charge is 0.335 e. The van der Waals surface area contributed by atoms with E-state index in [9.17, 15) is 4.79 Å². The van der Waals surface area contributed by atoms with Gasteiger partial charge in [-0.25, -0.2) is 4.79 Å². The molecule has 0 amide bonds. The molecule has 0 saturated heterocycles. The van der Waals surface area contributed by atoms with E-state index in [0.717, 1.165) is 0 Å². The van der Waals surface area contributed by atoms with Crippen LogP contribution in [0.2, 0.25) is 0 Å². The third-order valence-corrected chi connectivity index (χ3v) is 1.62. The van der Waals surface area contributed by atoms with Crippen molar-refractivity contribution >= 4 is 5.97 Å². The topological polar surface area (TPSA) is 91.0 Å². The van der Waals surface area contributed by atoms with Crippen LogP contribution in [0.4, 0.5) is 0 Å². The van der Waals surface area contributed by atoms with Crippen molar-refractivity contribution in [1.82, 2.24) is 0 Å². The van der Waals surface area contributed by atoms with Crippen LogP contribution in [-0.4, -0.2) is 57.3 Å². The van der Waals surface area contributed by atoms with Crippen molar-refractivity contribution in [2.75, 3.05) is 40.1 Å². The zero-order chi connectivity index (χ0) is 11.5. The minimum atomic E-state index is -1.13. The second-order valence-electron chi connectivity index (χ2n) is 2.87. The molecular weight excluding hydrogens is 202 g/mol. The molecular formula is C9H19NO5. The van der Waals surface area contributed by atoms with Crippen molar-refractivity contribution in [2.45, 2.75) is 12.5 Å². The first-order valence-electron chi connectivity index (χ1n) is 4.83. The lowest BCUT2D eigenvalue weighted by Crippen LogP contribution is -2.27. The van der Waals surface area contributed by atoms with Crippen molar-refractivity contribution in [3.8, 4) is 0 Å². The number of rotatable bonds is 9. The van der Waals surface area contributed by atoms with Crippen LogP contribution in [0.25, 0.3) is 0 Å². The fraction of sp³-hybridized carbons (Fsp3) is 0.889. The van der Waals surface area contributed by atoms with Gasteiger partial charge in [-0.1, -0.05) is 0 Å². The fourth-order valence-corrected chi connectivity index (χ4v) is 0.817. The van der Waals surface area contributed by atoms with E-state index in [1.54, 1.807) is 7.11 Å². The van der Waals surface area contributed by atoms with Crippen LogP contribution in [0.15, 0.2) is 0 Å². The molecule has 0 aliphatic heterocycles. The molecule has 0 bridgehead atoms. The Morgan fingerprint density at radius 3 is 2.60 bits per heavy atom. The number of hydrogen-bond acceptors (Lipinski definition) is 6. The summed E-state index contributed by atoms with van der Waals surface area (Å²) in [5.74, 6) is -0.657. The van der Waals surface area contributed by atoms with Gasteiger partial charge in [0.15, 0.2) is 6.10 Å². The maximum atomic E-state index is 11.0. The van der Waals surface area contributed by atoms with E-state index in [2.05, 4.69) is 0 Å². The SMILES string of the molecule is COCCOCCOC(=O)[C@@H](O)CCN. The van der Waals surface area contributed by atoms with Crippen LogP contribution in [0.1, 0.15) is 6.42 Å². The summed E-state index contributed by atoms with van der Waals surface area (Å²) in [5.41, 5.74) is 5.17. The molecule has 0 aliphatic carbocycles. The molecule has 0 fully saturated rings. The molecule has 6 nitrogen and oxygen atoms in total. The summed E-state index contributed by atoms with van der Waals surface area (Å²) in [4.78, 5) is 11.0. The first kappa shape index (κ1) is 14.3. The number of carbonyl (C=O) groups excluding carboxylic acids is 1. The molecule has 0 aromatic rings. The van der Waals surface area contributed by atoms with Gasteiger partial charge in [0.2, 0.25) is 0 Å². The Kier molecular flexibility index (Phi) is 9.40. The summed E-state index contributed by atoms with van der Waals surface area (Å²) >= 11 is 0. The minimum Gasteiger partial charge on any atom is -0.461 e. The van der Waals surface area contributed by atoms with Crippen LogP contribution in [0.5, 0.6) is 0 Å². The first-order valence-corrected chi connectivity index (χ1v) is 4.83. The van der Waals surface area contributed by atoms with Crippen LogP contribution in [0, 0.1) is 0 Å². The number of aliphatic hydroxyl groups excluding tert-OH is 1. The summed E-state index contributed by atoms with van der Waals surface area (Å²) < 4.78 is 14.5. The lowest BCUT2D eigenvalue weighted by molar-refractivity contribution is -0.155. The van der Waals surface area contributed by atoms with Crippen molar-refractivity contribution in [3.05, 3.63) is 0 Å². The standard InChI is InChI=1S/C9H19NO5/c1-13-4-5-14-6-7-15-9(12)8(11)2-3-10/h8,11H,2-7,10H2,1H3/t8-/m0/s1. The van der Waals surface area contributed by atoms with E-state index in [1.807, 2.05) is 0 Å². The molecule has 0 aromatic heterocycles. The highest BCUT2D eigenvalue weighted by molar-refractivity contribution is 5.74. The van der Waals surface area contributed by atoms with Gasteiger partial charge in [0, 0.05) is 7.11 Å². The predicted molar refractivity (Wildman–Crippen MR) is 53.3 cm³/mol. The van der Waals surface area contributed by atoms with Gasteiger partial charge in [0.1, 0.15) is 6.61 Å². The maximum Gasteiger partial charge on any atom is 0.335 e. The molecule has 1 atom stereocenters. The number of nitrogens with two attached hydrogens (primary N) is 1. The van der Waals surface area contributed by atoms with Crippen molar-refractivity contribution in [1.29, 1.82) is 0 Å². The zero-order valence-electron chi connectivity index (χ0n) is 8.98. The predicted octanol–water partition coefficient (Wildman–Crippen LogP) is -1.10. The number of esters is 1. The molecule has 0 spiro atoms. The summed E-state index contributed by atoms with van der Waals surface area (Å²) in [6, 6.07) is 0. The number of carbonyl (C=O) groups is 1. The van der Waals surface area contributed by atoms with E-state index in [0.29, 0.717) is 19.8 Å². The van der Waals surface area contributed by atoms with Gasteiger partial charge in [-0.15, -0.1) is 0 Å². The summed E-state index contributed by atoms with van der Waals surface area (Å²) in [5, 5.41) is 9.14. The molecule has 0 aromatic carbocycles. The number of aliphatic hydroxyl groups is 1. The van der Waals surface area contributed by atoms with Crippen LogP contribution in [-0.2, 0) is 19.0 Å². The summed E-state index contributed by atoms with van der Waals surface area (Å²) in [6.45, 7) is 1.64. The van der Waals surface area contributed by atoms with Gasteiger partial charge in [0.05, 0.1) is 19.8 Å². The molecule has 0 aliphatic rings. The molecule has 0 saturated carbocycles. The molecule has 90 valence electrons. The minimum absolute atomic E-state index is 0.129. The Balaban J connectivity index is 3.30. The molecule has 15 heavy (non-hydrogen) atoms. The second kappa shape index (κ2) is 9.85. The highest BCUT2D eigenvalue weighted by Crippen LogP contribution is 1.93. The fourth-order valence-electron chi connectivity index (χ4n) is 0.817. The average molecular weight is 221 g/mol. The maximum absolute atomic E-state index is 11.0. The first-order chi connectivity index (χ1) is 7.22. The Morgan fingerprint density at radius 1 is 1.33 bits per heavy atom. The normalized spacial score (nSPS) is 12.5. The van der Waals surface area contributed by atoms with Crippen molar-refractivity contribution in [3.63, 3.8) is 0 Å². The van der Waals surface area contributed by atoms with Gasteiger partial charge < -0.3 is 25.1 Å². The number of hydrogen-bond donors (Lipinski definition) is 2. The lowest BCUT2D eigenvalue weighted by atomic mass is 10.2. The molecule has 0 unspecified atom stereocenters. The molecule has 0 heterocycles. The number of ether oxygens (including phenoxy) is 3. The van der Waals surface area contributed by atoms with Gasteiger partial charge in [0.25, 0.3) is 0 Å². The van der Waals surface area contributed by atoms with Crippen LogP contribution < -0.4 is 5.73 Å². The zero-order valence-corrected chi connectivity index (χ0v) is 8.98. The highest BCUT2D eigenvalue weighted by atomic mass is 16.6. The molecule has 3 N–H and O–H groups in total. The Bertz CT molecular complexity index is 165. The van der Waals surface area contributed by atoms with Crippen molar-refractivity contribution < 1.29 is 24.1 Å². The van der Waals surface area contributed by atoms with Crippen molar-refractivity contribution in [2.24, 2.45) is 5.73 Å². The third kappa shape index (κ3) is 8.31. The Labute approximate surface area is 89.3 Å². The quantitative estimate of drug-likeness (QED) is 0.379. The van der Waals surface area contributed by atoms with Gasteiger partial charge in [-0.3, -0.25) is 0 Å². The molecule has 0 rings (SSSR count). The lowest BCUT2D eigenvalue weighted by Gasteiger charge is -2.09. The summed E-state index contributed by atoms with van der Waals surface area (Å²) in [7, 11) is 1.58. The molecule has 0 radical (unpaired) electrons. The van der Waals surface area contributed by atoms with Gasteiger partial charge >= 0.3 is 5.97 Å². The second-order valence-corrected chi connectivity index (χ2v) is 2.87. The third-order valence-electron chi connectivity index (χ3n) is 1.62. The van der Waals surface area contributed by atoms with Crippen LogP contribution in [0.3, 0.4) is 0 Å². The summed E-state index contributed by atoms with van der Waals surface area (Å²) in [6.07, 6.45) is -0.919. The number of methoxy groups -OCH3 is 1. The highest BCUT2D eigenvalue weighted by Gasteiger charge is 2.14. The largest absolute Gasteiger partial charge is 0.461 e. The van der Waals surface area contributed by atoms with E-state index in [1.165, 1.54) is 0 Å². The van der Waals surface area contributed by atoms with Gasteiger partial charge in [-0.05, 0) is 13.0 Å². The molecule has 6 heteroatoms.